The molecule has 3 aromatic rings. The van der Waals surface area contributed by atoms with Crippen molar-refractivity contribution in [1.82, 2.24) is 9.78 Å². The summed E-state index contributed by atoms with van der Waals surface area (Å²) in [6.45, 7) is 5.61. The first-order valence-electron chi connectivity index (χ1n) is 9.59. The molecule has 0 spiro atoms. The van der Waals surface area contributed by atoms with Crippen molar-refractivity contribution in [2.24, 2.45) is 0 Å². The van der Waals surface area contributed by atoms with E-state index < -0.39 is 0 Å². The number of hydrogen-bond donors (Lipinski definition) is 1. The number of aryl methyl sites for hydroxylation is 2. The lowest BCUT2D eigenvalue weighted by molar-refractivity contribution is -0.116. The van der Waals surface area contributed by atoms with E-state index in [0.29, 0.717) is 41.2 Å². The molecule has 0 aliphatic carbocycles. The minimum atomic E-state index is -0.217. The van der Waals surface area contributed by atoms with E-state index in [9.17, 15) is 9.59 Å². The Morgan fingerprint density at radius 3 is 2.31 bits per heavy atom. The van der Waals surface area contributed by atoms with Gasteiger partial charge >= 0.3 is 0 Å². The zero-order valence-corrected chi connectivity index (χ0v) is 17.2. The van der Waals surface area contributed by atoms with Crippen molar-refractivity contribution in [3.63, 3.8) is 0 Å². The number of benzene rings is 2. The third-order valence-corrected chi connectivity index (χ3v) is 4.65. The van der Waals surface area contributed by atoms with Crippen molar-refractivity contribution in [3.05, 3.63) is 70.0 Å². The van der Waals surface area contributed by atoms with E-state index in [2.05, 4.69) is 10.4 Å². The maximum atomic E-state index is 13.1. The van der Waals surface area contributed by atoms with Gasteiger partial charge in [0, 0.05) is 6.42 Å². The van der Waals surface area contributed by atoms with Gasteiger partial charge in [0.05, 0.1) is 18.4 Å². The summed E-state index contributed by atoms with van der Waals surface area (Å²) in [6.07, 6.45) is 1.07. The van der Waals surface area contributed by atoms with Gasteiger partial charge in [-0.2, -0.15) is 5.10 Å². The highest BCUT2D eigenvalue weighted by Gasteiger charge is 2.20. The molecular weight excluding hydrogens is 366 g/mol. The largest absolute Gasteiger partial charge is 0.497 e. The summed E-state index contributed by atoms with van der Waals surface area (Å²) in [6, 6.07) is 15.0. The predicted molar refractivity (Wildman–Crippen MR) is 115 cm³/mol. The summed E-state index contributed by atoms with van der Waals surface area (Å²) in [5.41, 5.74) is 3.10. The minimum absolute atomic E-state index is 0.159. The average molecular weight is 391 g/mol. The van der Waals surface area contributed by atoms with Gasteiger partial charge in [0.2, 0.25) is 11.3 Å². The molecule has 0 radical (unpaired) electrons. The first-order chi connectivity index (χ1) is 13.9. The van der Waals surface area contributed by atoms with Crippen LogP contribution in [0.25, 0.3) is 16.8 Å². The lowest BCUT2D eigenvalue weighted by atomic mass is 10.0. The Morgan fingerprint density at radius 2 is 1.72 bits per heavy atom. The number of aromatic nitrogens is 2. The van der Waals surface area contributed by atoms with Crippen molar-refractivity contribution in [2.75, 3.05) is 12.4 Å². The molecule has 2 aromatic carbocycles. The van der Waals surface area contributed by atoms with Crippen molar-refractivity contribution in [1.29, 1.82) is 0 Å². The molecule has 1 aromatic heterocycles. The van der Waals surface area contributed by atoms with Gasteiger partial charge in [-0.05, 0) is 50.1 Å². The highest BCUT2D eigenvalue weighted by molar-refractivity contribution is 5.94. The lowest BCUT2D eigenvalue weighted by Gasteiger charge is -2.18. The van der Waals surface area contributed by atoms with Crippen molar-refractivity contribution < 1.29 is 9.53 Å². The molecule has 29 heavy (non-hydrogen) atoms. The summed E-state index contributed by atoms with van der Waals surface area (Å²) >= 11 is 0. The van der Waals surface area contributed by atoms with Gasteiger partial charge < -0.3 is 10.1 Å². The number of methoxy groups -OCH3 is 1. The Balaban J connectivity index is 2.27. The van der Waals surface area contributed by atoms with E-state index in [1.807, 2.05) is 50.2 Å². The van der Waals surface area contributed by atoms with E-state index in [-0.39, 0.29) is 11.3 Å². The fourth-order valence-corrected chi connectivity index (χ4v) is 3.08. The second-order valence-corrected chi connectivity index (χ2v) is 6.91. The minimum Gasteiger partial charge on any atom is -0.497 e. The quantitative estimate of drug-likeness (QED) is 0.681. The zero-order valence-electron chi connectivity index (χ0n) is 17.2. The van der Waals surface area contributed by atoms with E-state index in [0.717, 1.165) is 11.3 Å². The second-order valence-electron chi connectivity index (χ2n) is 6.91. The molecule has 6 nitrogen and oxygen atoms in total. The van der Waals surface area contributed by atoms with Gasteiger partial charge in [-0.15, -0.1) is 0 Å². The van der Waals surface area contributed by atoms with Crippen molar-refractivity contribution in [2.45, 2.75) is 33.6 Å². The summed E-state index contributed by atoms with van der Waals surface area (Å²) in [4.78, 5) is 25.5. The maximum absolute atomic E-state index is 13.1. The van der Waals surface area contributed by atoms with Crippen molar-refractivity contribution in [3.8, 4) is 22.6 Å². The summed E-state index contributed by atoms with van der Waals surface area (Å²) < 4.78 is 6.85. The van der Waals surface area contributed by atoms with Gasteiger partial charge in [-0.3, -0.25) is 9.59 Å². The Morgan fingerprint density at radius 1 is 1.07 bits per heavy atom. The Hall–Kier alpha value is -3.41. The first kappa shape index (κ1) is 20.3. The molecule has 0 aliphatic rings. The van der Waals surface area contributed by atoms with E-state index in [1.165, 1.54) is 0 Å². The van der Waals surface area contributed by atoms with Crippen LogP contribution in [0.3, 0.4) is 0 Å². The molecule has 1 heterocycles. The molecule has 6 heteroatoms. The third kappa shape index (κ3) is 4.37. The molecule has 0 unspecified atom stereocenters. The summed E-state index contributed by atoms with van der Waals surface area (Å²) in [5, 5.41) is 7.39. The van der Waals surface area contributed by atoms with Crippen LogP contribution in [0.15, 0.2) is 53.3 Å². The fraction of sp³-hybridized carbons (Fsp3) is 0.261. The lowest BCUT2D eigenvalue weighted by Crippen LogP contribution is -2.24. The molecule has 0 saturated carbocycles. The van der Waals surface area contributed by atoms with Crippen LogP contribution in [0.5, 0.6) is 5.75 Å². The van der Waals surface area contributed by atoms with Gasteiger partial charge in [-0.1, -0.05) is 36.8 Å². The van der Waals surface area contributed by atoms with Crippen LogP contribution in [0.2, 0.25) is 0 Å². The zero-order chi connectivity index (χ0) is 21.0. The molecule has 0 atom stereocenters. The van der Waals surface area contributed by atoms with Gasteiger partial charge in [-0.25, -0.2) is 4.68 Å². The van der Waals surface area contributed by atoms with E-state index >= 15 is 0 Å². The molecule has 150 valence electrons. The van der Waals surface area contributed by atoms with Crippen LogP contribution in [0.1, 0.15) is 31.0 Å². The molecule has 3 rings (SSSR count). The molecule has 0 saturated heterocycles. The van der Waals surface area contributed by atoms with E-state index in [4.69, 9.17) is 4.74 Å². The highest BCUT2D eigenvalue weighted by Crippen LogP contribution is 2.28. The van der Waals surface area contributed by atoms with Crippen LogP contribution in [-0.4, -0.2) is 22.8 Å². The summed E-state index contributed by atoms with van der Waals surface area (Å²) in [5.74, 6) is 0.899. The molecule has 0 bridgehead atoms. The number of nitrogens with zero attached hydrogens (tertiary/aromatic N) is 2. The number of amides is 1. The predicted octanol–water partition coefficient (Wildman–Crippen LogP) is 4.26. The number of anilines is 1. The number of ether oxygens (including phenoxy) is 1. The van der Waals surface area contributed by atoms with Gasteiger partial charge in [0.25, 0.3) is 0 Å². The van der Waals surface area contributed by atoms with Gasteiger partial charge in [0.15, 0.2) is 0 Å². The Bertz CT molecular complexity index is 1070. The molecule has 0 fully saturated rings. The standard InChI is InChI=1S/C23H25N3O3/c1-5-6-20(27)24-23-21(17-9-13-19(29-4)14-10-17)22(28)16(3)25-26(23)18-11-7-15(2)8-12-18/h7-14H,5-6H2,1-4H3,(H,24,27). The maximum Gasteiger partial charge on any atom is 0.225 e. The molecule has 1 N–H and O–H groups in total. The number of carbonyl (C=O) groups is 1. The highest BCUT2D eigenvalue weighted by atomic mass is 16.5. The average Bonchev–Trinajstić information content (AvgIpc) is 2.72. The Kier molecular flexibility index (Phi) is 6.12. The SMILES string of the molecule is CCCC(=O)Nc1c(-c2ccc(OC)cc2)c(=O)c(C)nn1-c1ccc(C)cc1. The number of rotatable bonds is 6. The fourth-order valence-electron chi connectivity index (χ4n) is 3.08. The number of nitrogens with one attached hydrogen (secondary N) is 1. The van der Waals surface area contributed by atoms with Crippen LogP contribution >= 0.6 is 0 Å². The first-order valence-corrected chi connectivity index (χ1v) is 9.59. The number of hydrogen-bond acceptors (Lipinski definition) is 4. The number of carbonyl (C=O) groups excluding carboxylic acids is 1. The monoisotopic (exact) mass is 391 g/mol. The Labute approximate surface area is 170 Å². The van der Waals surface area contributed by atoms with Crippen molar-refractivity contribution >= 4 is 11.7 Å². The van der Waals surface area contributed by atoms with Crippen LogP contribution in [0, 0.1) is 13.8 Å². The third-order valence-electron chi connectivity index (χ3n) is 4.65. The molecule has 0 aliphatic heterocycles. The van der Waals surface area contributed by atoms with Gasteiger partial charge in [0.1, 0.15) is 17.3 Å². The summed E-state index contributed by atoms with van der Waals surface area (Å²) in [7, 11) is 1.59. The molecule has 1 amide bonds. The topological polar surface area (TPSA) is 73.2 Å². The second kappa shape index (κ2) is 8.73. The van der Waals surface area contributed by atoms with Crippen LogP contribution in [-0.2, 0) is 4.79 Å². The smallest absolute Gasteiger partial charge is 0.225 e. The van der Waals surface area contributed by atoms with Crippen LogP contribution in [0.4, 0.5) is 5.82 Å². The normalized spacial score (nSPS) is 10.6. The molecular formula is C23H25N3O3. The van der Waals surface area contributed by atoms with E-state index in [1.54, 1.807) is 30.8 Å². The van der Waals surface area contributed by atoms with Crippen LogP contribution < -0.4 is 15.5 Å².